The number of hydrogen-bond acceptors (Lipinski definition) is 5. The van der Waals surface area contributed by atoms with Crippen LogP contribution in [0.1, 0.15) is 26.3 Å². The van der Waals surface area contributed by atoms with Gasteiger partial charge in [0, 0.05) is 25.7 Å². The highest BCUT2D eigenvalue weighted by atomic mass is 32.1. The molecule has 0 aliphatic rings. The Morgan fingerprint density at radius 1 is 1.10 bits per heavy atom. The molecule has 114 valence electrons. The molecule has 0 atom stereocenters. The molecule has 5 heteroatoms. The van der Waals surface area contributed by atoms with Gasteiger partial charge in [0.2, 0.25) is 5.43 Å². The SMILES string of the molecule is CN(C)CCOCCN(C)c1c(C(C)(C)C)c(=S)c1=O. The normalized spacial score (nSPS) is 12.3. The first-order chi connectivity index (χ1) is 9.16. The number of rotatable bonds is 7. The molecule has 0 unspecified atom stereocenters. The molecular formula is C15H26N2O2S. The Hall–Kier alpha value is -0.780. The van der Waals surface area contributed by atoms with E-state index < -0.39 is 0 Å². The van der Waals surface area contributed by atoms with Gasteiger partial charge in [-0.05, 0) is 19.5 Å². The quantitative estimate of drug-likeness (QED) is 0.568. The Balaban J connectivity index is 2.57. The van der Waals surface area contributed by atoms with Crippen LogP contribution in [0.5, 0.6) is 0 Å². The van der Waals surface area contributed by atoms with Crippen molar-refractivity contribution >= 4 is 17.9 Å². The Labute approximate surface area is 127 Å². The zero-order valence-electron chi connectivity index (χ0n) is 13.4. The van der Waals surface area contributed by atoms with Crippen LogP contribution >= 0.6 is 12.2 Å². The van der Waals surface area contributed by atoms with Gasteiger partial charge in [-0.15, -0.1) is 0 Å². The lowest BCUT2D eigenvalue weighted by Crippen LogP contribution is -2.36. The first-order valence-corrected chi connectivity index (χ1v) is 7.34. The summed E-state index contributed by atoms with van der Waals surface area (Å²) in [5.74, 6) is 0. The van der Waals surface area contributed by atoms with Crippen molar-refractivity contribution in [1.82, 2.24) is 4.90 Å². The fourth-order valence-corrected chi connectivity index (χ4v) is 2.60. The van der Waals surface area contributed by atoms with Crippen molar-refractivity contribution < 1.29 is 4.74 Å². The molecule has 1 rings (SSSR count). The van der Waals surface area contributed by atoms with E-state index in [9.17, 15) is 4.79 Å². The maximum Gasteiger partial charge on any atom is 0.220 e. The molecule has 0 fully saturated rings. The van der Waals surface area contributed by atoms with E-state index in [1.54, 1.807) is 0 Å². The van der Waals surface area contributed by atoms with Crippen molar-refractivity contribution in [2.75, 3.05) is 52.3 Å². The van der Waals surface area contributed by atoms with Gasteiger partial charge in [-0.1, -0.05) is 33.0 Å². The maximum absolute atomic E-state index is 12.0. The molecule has 0 saturated heterocycles. The molecule has 0 aromatic heterocycles. The van der Waals surface area contributed by atoms with Crippen molar-refractivity contribution in [2.45, 2.75) is 26.2 Å². The van der Waals surface area contributed by atoms with Gasteiger partial charge in [0.1, 0.15) is 0 Å². The first kappa shape index (κ1) is 17.3. The van der Waals surface area contributed by atoms with Crippen LogP contribution in [0, 0.1) is 4.51 Å². The average molecular weight is 298 g/mol. The second-order valence-electron chi connectivity index (χ2n) is 6.47. The van der Waals surface area contributed by atoms with Gasteiger partial charge in [0.25, 0.3) is 0 Å². The second-order valence-corrected chi connectivity index (χ2v) is 6.88. The molecule has 0 heterocycles. The molecule has 1 aromatic rings. The highest BCUT2D eigenvalue weighted by Gasteiger charge is 2.29. The van der Waals surface area contributed by atoms with Gasteiger partial charge in [-0.25, -0.2) is 0 Å². The number of hydrogen-bond donors (Lipinski definition) is 0. The minimum Gasteiger partial charge on any atom is -0.378 e. The fourth-order valence-electron chi connectivity index (χ4n) is 2.10. The van der Waals surface area contributed by atoms with Crippen LogP contribution in [0.3, 0.4) is 0 Å². The first-order valence-electron chi connectivity index (χ1n) is 6.93. The molecule has 4 nitrogen and oxygen atoms in total. The van der Waals surface area contributed by atoms with Crippen LogP contribution in [0.2, 0.25) is 0 Å². The van der Waals surface area contributed by atoms with Crippen molar-refractivity contribution in [3.8, 4) is 0 Å². The van der Waals surface area contributed by atoms with Gasteiger partial charge < -0.3 is 14.5 Å². The third-order valence-corrected chi connectivity index (χ3v) is 3.66. The third kappa shape index (κ3) is 4.11. The summed E-state index contributed by atoms with van der Waals surface area (Å²) in [5.41, 5.74) is 1.69. The maximum atomic E-state index is 12.0. The Bertz CT molecular complexity index is 511. The van der Waals surface area contributed by atoms with Crippen molar-refractivity contribution in [2.24, 2.45) is 0 Å². The summed E-state index contributed by atoms with van der Waals surface area (Å²) in [7, 11) is 5.96. The smallest absolute Gasteiger partial charge is 0.220 e. The molecule has 0 aliphatic heterocycles. The van der Waals surface area contributed by atoms with Gasteiger partial charge in [-0.2, -0.15) is 0 Å². The summed E-state index contributed by atoms with van der Waals surface area (Å²) in [5, 5.41) is 0. The molecule has 1 aromatic carbocycles. The fraction of sp³-hybridized carbons (Fsp3) is 0.733. The summed E-state index contributed by atoms with van der Waals surface area (Å²) in [6.07, 6.45) is 0. The molecule has 0 spiro atoms. The van der Waals surface area contributed by atoms with Crippen molar-refractivity contribution in [3.05, 3.63) is 20.3 Å². The molecule has 0 aliphatic carbocycles. The second kappa shape index (κ2) is 6.78. The van der Waals surface area contributed by atoms with Gasteiger partial charge in [0.15, 0.2) is 0 Å². The molecule has 0 radical (unpaired) electrons. The van der Waals surface area contributed by atoms with E-state index in [0.717, 1.165) is 17.8 Å². The van der Waals surface area contributed by atoms with E-state index in [1.165, 1.54) is 0 Å². The van der Waals surface area contributed by atoms with E-state index in [4.69, 9.17) is 17.0 Å². The number of likely N-dealkylation sites (N-methyl/N-ethyl adjacent to an activating group) is 2. The molecular weight excluding hydrogens is 272 g/mol. The largest absolute Gasteiger partial charge is 0.378 e. The molecule has 0 N–H and O–H groups in total. The summed E-state index contributed by atoms with van der Waals surface area (Å²) in [6, 6.07) is 0. The van der Waals surface area contributed by atoms with Crippen LogP contribution in [-0.2, 0) is 10.2 Å². The van der Waals surface area contributed by atoms with Crippen LogP contribution in [0.25, 0.3) is 0 Å². The lowest BCUT2D eigenvalue weighted by molar-refractivity contribution is 0.123. The predicted octanol–water partition coefficient (Wildman–Crippen LogP) is 1.96. The molecule has 20 heavy (non-hydrogen) atoms. The lowest BCUT2D eigenvalue weighted by atomic mass is 9.82. The summed E-state index contributed by atoms with van der Waals surface area (Å²) >= 11 is 5.18. The summed E-state index contributed by atoms with van der Waals surface area (Å²) in [4.78, 5) is 16.0. The topological polar surface area (TPSA) is 32.8 Å². The van der Waals surface area contributed by atoms with Gasteiger partial charge in [0.05, 0.1) is 23.4 Å². The van der Waals surface area contributed by atoms with Crippen molar-refractivity contribution in [1.29, 1.82) is 0 Å². The summed E-state index contributed by atoms with van der Waals surface area (Å²) in [6.45, 7) is 9.19. The molecule has 0 saturated carbocycles. The van der Waals surface area contributed by atoms with Crippen LogP contribution in [-0.4, -0.2) is 52.3 Å². The Morgan fingerprint density at radius 3 is 2.15 bits per heavy atom. The zero-order valence-corrected chi connectivity index (χ0v) is 14.3. The number of nitrogens with zero attached hydrogens (tertiary/aromatic N) is 2. The Kier molecular flexibility index (Phi) is 5.86. The standard InChI is InChI=1S/C15H26N2O2S/c1-15(2,3)11-12(13(18)14(11)20)17(6)8-10-19-9-7-16(4)5/h7-10H2,1-6H3. The molecule has 0 amide bonds. The van der Waals surface area contributed by atoms with Crippen LogP contribution in [0.15, 0.2) is 4.79 Å². The van der Waals surface area contributed by atoms with E-state index in [0.29, 0.717) is 24.3 Å². The Morgan fingerprint density at radius 2 is 1.65 bits per heavy atom. The third-order valence-electron chi connectivity index (χ3n) is 3.27. The highest BCUT2D eigenvalue weighted by molar-refractivity contribution is 7.71. The highest BCUT2D eigenvalue weighted by Crippen LogP contribution is 2.32. The van der Waals surface area contributed by atoms with Crippen LogP contribution in [0.4, 0.5) is 5.69 Å². The lowest BCUT2D eigenvalue weighted by Gasteiger charge is -2.30. The van der Waals surface area contributed by atoms with Crippen LogP contribution < -0.4 is 10.3 Å². The van der Waals surface area contributed by atoms with Gasteiger partial charge in [-0.3, -0.25) is 4.79 Å². The van der Waals surface area contributed by atoms with E-state index in [1.807, 2.05) is 26.0 Å². The van der Waals surface area contributed by atoms with Crippen molar-refractivity contribution in [3.63, 3.8) is 0 Å². The number of anilines is 1. The van der Waals surface area contributed by atoms with E-state index in [-0.39, 0.29) is 10.8 Å². The number of ether oxygens (including phenoxy) is 1. The monoisotopic (exact) mass is 298 g/mol. The minimum atomic E-state index is -0.0830. The predicted molar refractivity (Wildman–Crippen MR) is 87.3 cm³/mol. The summed E-state index contributed by atoms with van der Waals surface area (Å²) < 4.78 is 6.06. The minimum absolute atomic E-state index is 0.000663. The van der Waals surface area contributed by atoms with E-state index >= 15 is 0 Å². The van der Waals surface area contributed by atoms with E-state index in [2.05, 4.69) is 25.7 Å². The molecule has 0 bridgehead atoms. The zero-order chi connectivity index (χ0) is 15.5. The average Bonchev–Trinajstić information content (AvgIpc) is 2.31. The van der Waals surface area contributed by atoms with Gasteiger partial charge >= 0.3 is 0 Å².